The Balaban J connectivity index is 2.81. The summed E-state index contributed by atoms with van der Waals surface area (Å²) in [6.07, 6.45) is 1.97. The smallest absolute Gasteiger partial charge is 0.323 e. The van der Waals surface area contributed by atoms with E-state index >= 15 is 0 Å². The van der Waals surface area contributed by atoms with Gasteiger partial charge in [0.1, 0.15) is 6.04 Å². The fourth-order valence-corrected chi connectivity index (χ4v) is 2.06. The molecule has 0 amide bonds. The van der Waals surface area contributed by atoms with Crippen LogP contribution in [0, 0.1) is 12.8 Å². The van der Waals surface area contributed by atoms with Crippen LogP contribution in [0.3, 0.4) is 0 Å². The van der Waals surface area contributed by atoms with Crippen LogP contribution >= 0.6 is 0 Å². The normalized spacial score (nSPS) is 14.6. The predicted octanol–water partition coefficient (Wildman–Crippen LogP) is 1.58. The second-order valence-corrected chi connectivity index (χ2v) is 4.98. The molecule has 0 saturated heterocycles. The van der Waals surface area contributed by atoms with Gasteiger partial charge in [0, 0.05) is 24.8 Å². The summed E-state index contributed by atoms with van der Waals surface area (Å²) in [6, 6.07) is -0.241. The van der Waals surface area contributed by atoms with E-state index in [1.165, 1.54) is 7.11 Å². The molecule has 1 heterocycles. The molecule has 0 fully saturated rings. The number of carbonyl (C=O) groups excluding carboxylic acids is 1. The lowest BCUT2D eigenvalue weighted by atomic mass is 10.0. The van der Waals surface area contributed by atoms with Crippen LogP contribution in [0.5, 0.6) is 0 Å². The Morgan fingerprint density at radius 2 is 2.06 bits per heavy atom. The van der Waals surface area contributed by atoms with Gasteiger partial charge in [-0.25, -0.2) is 0 Å². The van der Waals surface area contributed by atoms with Gasteiger partial charge in [0.2, 0.25) is 0 Å². The van der Waals surface area contributed by atoms with Crippen molar-refractivity contribution in [2.75, 3.05) is 7.11 Å². The van der Waals surface area contributed by atoms with Crippen LogP contribution in [0.15, 0.2) is 6.20 Å². The number of nitrogens with zero attached hydrogens (tertiary/aromatic N) is 2. The van der Waals surface area contributed by atoms with Crippen LogP contribution in [0.2, 0.25) is 0 Å². The number of methoxy groups -OCH3 is 1. The quantitative estimate of drug-likeness (QED) is 0.809. The Morgan fingerprint density at radius 3 is 2.44 bits per heavy atom. The summed E-state index contributed by atoms with van der Waals surface area (Å²) in [5.74, 6) is -0.0460. The minimum Gasteiger partial charge on any atom is -0.468 e. The number of ether oxygens (including phenoxy) is 1. The topological polar surface area (TPSA) is 56.1 Å². The van der Waals surface area contributed by atoms with Crippen molar-refractivity contribution in [3.05, 3.63) is 17.5 Å². The zero-order chi connectivity index (χ0) is 13.9. The molecular formula is C13H23N3O2. The third-order valence-electron chi connectivity index (χ3n) is 3.07. The molecule has 1 N–H and O–H groups in total. The van der Waals surface area contributed by atoms with Crippen LogP contribution in [0.1, 0.15) is 38.1 Å². The van der Waals surface area contributed by atoms with Crippen LogP contribution in [0.4, 0.5) is 0 Å². The van der Waals surface area contributed by atoms with Crippen LogP contribution in [-0.4, -0.2) is 28.9 Å². The average molecular weight is 253 g/mol. The molecule has 0 saturated carbocycles. The summed E-state index contributed by atoms with van der Waals surface area (Å²) < 4.78 is 6.61. The highest BCUT2D eigenvalue weighted by Crippen LogP contribution is 2.18. The van der Waals surface area contributed by atoms with Gasteiger partial charge in [0.05, 0.1) is 12.8 Å². The first-order valence-electron chi connectivity index (χ1n) is 6.20. The third kappa shape index (κ3) is 3.32. The van der Waals surface area contributed by atoms with Gasteiger partial charge in [-0.05, 0) is 19.8 Å². The Labute approximate surface area is 109 Å². The number of nitrogens with one attached hydrogen (secondary N) is 1. The first-order chi connectivity index (χ1) is 8.36. The fourth-order valence-electron chi connectivity index (χ4n) is 2.06. The highest BCUT2D eigenvalue weighted by molar-refractivity contribution is 5.76. The number of esters is 1. The van der Waals surface area contributed by atoms with E-state index < -0.39 is 0 Å². The van der Waals surface area contributed by atoms with Crippen molar-refractivity contribution in [3.63, 3.8) is 0 Å². The third-order valence-corrected chi connectivity index (χ3v) is 3.07. The summed E-state index contributed by atoms with van der Waals surface area (Å²) >= 11 is 0. The zero-order valence-electron chi connectivity index (χ0n) is 12.0. The minimum atomic E-state index is -0.301. The van der Waals surface area contributed by atoms with Crippen molar-refractivity contribution in [3.8, 4) is 0 Å². The van der Waals surface area contributed by atoms with E-state index in [1.54, 1.807) is 4.68 Å². The summed E-state index contributed by atoms with van der Waals surface area (Å²) in [7, 11) is 3.31. The number of hydrogen-bond acceptors (Lipinski definition) is 4. The second-order valence-electron chi connectivity index (χ2n) is 4.98. The van der Waals surface area contributed by atoms with Gasteiger partial charge in [-0.15, -0.1) is 0 Å². The summed E-state index contributed by atoms with van der Waals surface area (Å²) in [5, 5.41) is 7.62. The molecule has 2 atom stereocenters. The summed E-state index contributed by atoms with van der Waals surface area (Å²) in [4.78, 5) is 11.7. The van der Waals surface area contributed by atoms with E-state index in [0.717, 1.165) is 11.3 Å². The van der Waals surface area contributed by atoms with E-state index in [-0.39, 0.29) is 24.0 Å². The van der Waals surface area contributed by atoms with Crippen molar-refractivity contribution in [1.82, 2.24) is 15.1 Å². The summed E-state index contributed by atoms with van der Waals surface area (Å²) in [6.45, 7) is 7.99. The van der Waals surface area contributed by atoms with E-state index in [9.17, 15) is 4.79 Å². The molecule has 5 heteroatoms. The second kappa shape index (κ2) is 6.00. The molecule has 1 rings (SSSR count). The fraction of sp³-hybridized carbons (Fsp3) is 0.692. The van der Waals surface area contributed by atoms with E-state index in [2.05, 4.69) is 10.4 Å². The molecule has 1 unspecified atom stereocenters. The number of hydrogen-bond donors (Lipinski definition) is 1. The molecule has 0 spiro atoms. The summed E-state index contributed by atoms with van der Waals surface area (Å²) in [5.41, 5.74) is 2.08. The van der Waals surface area contributed by atoms with Gasteiger partial charge >= 0.3 is 5.97 Å². The predicted molar refractivity (Wildman–Crippen MR) is 70.1 cm³/mol. The zero-order valence-corrected chi connectivity index (χ0v) is 12.0. The maximum Gasteiger partial charge on any atom is 0.323 e. The minimum absolute atomic E-state index is 0.0604. The highest BCUT2D eigenvalue weighted by atomic mass is 16.5. The monoisotopic (exact) mass is 253 g/mol. The number of aryl methyl sites for hydroxylation is 2. The van der Waals surface area contributed by atoms with Crippen molar-refractivity contribution < 1.29 is 9.53 Å². The lowest BCUT2D eigenvalue weighted by molar-refractivity contribution is -0.144. The molecule has 0 aliphatic carbocycles. The Kier molecular flexibility index (Phi) is 4.90. The van der Waals surface area contributed by atoms with Gasteiger partial charge in [-0.1, -0.05) is 13.8 Å². The molecule has 1 aromatic heterocycles. The maximum absolute atomic E-state index is 11.7. The van der Waals surface area contributed by atoms with Crippen LogP contribution in [-0.2, 0) is 16.6 Å². The maximum atomic E-state index is 11.7. The van der Waals surface area contributed by atoms with E-state index in [1.807, 2.05) is 40.9 Å². The molecule has 102 valence electrons. The lowest BCUT2D eigenvalue weighted by Crippen LogP contribution is -2.43. The van der Waals surface area contributed by atoms with Crippen molar-refractivity contribution in [2.45, 2.75) is 39.8 Å². The number of aromatic nitrogens is 2. The molecular weight excluding hydrogens is 230 g/mol. The largest absolute Gasteiger partial charge is 0.468 e. The van der Waals surface area contributed by atoms with Crippen LogP contribution in [0.25, 0.3) is 0 Å². The Bertz CT molecular complexity index is 412. The molecule has 1 aromatic rings. The first-order valence-corrected chi connectivity index (χ1v) is 6.20. The van der Waals surface area contributed by atoms with Gasteiger partial charge in [-0.2, -0.15) is 5.10 Å². The highest BCUT2D eigenvalue weighted by Gasteiger charge is 2.25. The van der Waals surface area contributed by atoms with Gasteiger partial charge < -0.3 is 4.74 Å². The van der Waals surface area contributed by atoms with Crippen LogP contribution < -0.4 is 5.32 Å². The molecule has 5 nitrogen and oxygen atoms in total. The molecule has 18 heavy (non-hydrogen) atoms. The molecule has 0 aliphatic rings. The van der Waals surface area contributed by atoms with Gasteiger partial charge in [0.25, 0.3) is 0 Å². The van der Waals surface area contributed by atoms with E-state index in [0.29, 0.717) is 0 Å². The lowest BCUT2D eigenvalue weighted by Gasteiger charge is -2.24. The molecule has 0 aromatic carbocycles. The Morgan fingerprint density at radius 1 is 1.44 bits per heavy atom. The number of carbonyl (C=O) groups is 1. The molecule has 0 bridgehead atoms. The standard InChI is InChI=1S/C13H23N3O2/c1-8(2)12(13(17)18-6)14-9(3)11-7-16(5)15-10(11)4/h7-9,12,14H,1-6H3/t9?,12-/m0/s1. The van der Waals surface area contributed by atoms with E-state index in [4.69, 9.17) is 4.74 Å². The Hall–Kier alpha value is -1.36. The van der Waals surface area contributed by atoms with Crippen molar-refractivity contribution in [1.29, 1.82) is 0 Å². The molecule has 0 aliphatic heterocycles. The van der Waals surface area contributed by atoms with Crippen molar-refractivity contribution >= 4 is 5.97 Å². The van der Waals surface area contributed by atoms with Crippen molar-refractivity contribution in [2.24, 2.45) is 13.0 Å². The first kappa shape index (κ1) is 14.7. The molecule has 0 radical (unpaired) electrons. The van der Waals surface area contributed by atoms with Gasteiger partial charge in [0.15, 0.2) is 0 Å². The number of rotatable bonds is 5. The average Bonchev–Trinajstić information content (AvgIpc) is 2.63. The van der Waals surface area contributed by atoms with Gasteiger partial charge in [-0.3, -0.25) is 14.8 Å². The SMILES string of the molecule is COC(=O)[C@@H](NC(C)c1cn(C)nc1C)C(C)C.